The molecular formula is C25H58. The van der Waals surface area contributed by atoms with Crippen molar-refractivity contribution in [1.29, 1.82) is 0 Å². The molecule has 0 saturated carbocycles. The summed E-state index contributed by atoms with van der Waals surface area (Å²) in [6, 6.07) is 0. The van der Waals surface area contributed by atoms with E-state index < -0.39 is 0 Å². The fourth-order valence-electron chi connectivity index (χ4n) is 0.750. The first-order valence-corrected chi connectivity index (χ1v) is 10.7. The molecule has 0 nitrogen and oxygen atoms in total. The van der Waals surface area contributed by atoms with Gasteiger partial charge in [0.25, 0.3) is 0 Å². The Morgan fingerprint density at radius 2 is 0.520 bits per heavy atom. The highest BCUT2D eigenvalue weighted by molar-refractivity contribution is 4.58. The highest BCUT2D eigenvalue weighted by Gasteiger charge is 2.06. The Morgan fingerprint density at radius 1 is 0.360 bits per heavy atom. The molecule has 0 aromatic carbocycles. The lowest BCUT2D eigenvalue weighted by atomic mass is 9.91. The lowest BCUT2D eigenvalue weighted by molar-refractivity contribution is 0.373. The van der Waals surface area contributed by atoms with E-state index in [0.29, 0.717) is 21.7 Å². The van der Waals surface area contributed by atoms with Crippen molar-refractivity contribution < 1.29 is 0 Å². The molecule has 0 fully saturated rings. The Labute approximate surface area is 165 Å². The zero-order valence-electron chi connectivity index (χ0n) is 21.5. The van der Waals surface area contributed by atoms with Gasteiger partial charge in [0.15, 0.2) is 0 Å². The van der Waals surface area contributed by atoms with Crippen molar-refractivity contribution in [3.05, 3.63) is 0 Å². The van der Waals surface area contributed by atoms with Gasteiger partial charge in [0, 0.05) is 0 Å². The molecule has 0 aromatic heterocycles. The van der Waals surface area contributed by atoms with Crippen molar-refractivity contribution in [3.8, 4) is 0 Å². The molecule has 0 aliphatic heterocycles. The van der Waals surface area contributed by atoms with Gasteiger partial charge < -0.3 is 0 Å². The van der Waals surface area contributed by atoms with Crippen molar-refractivity contribution in [2.45, 2.75) is 143 Å². The van der Waals surface area contributed by atoms with Crippen molar-refractivity contribution in [1.82, 2.24) is 0 Å². The van der Waals surface area contributed by atoms with E-state index in [1.807, 2.05) is 0 Å². The topological polar surface area (TPSA) is 0 Å². The van der Waals surface area contributed by atoms with Gasteiger partial charge in [-0.2, -0.15) is 0 Å². The molecule has 0 amide bonds. The van der Waals surface area contributed by atoms with E-state index in [1.54, 1.807) is 0 Å². The normalized spacial score (nSPS) is 12.0. The molecule has 0 saturated heterocycles. The maximum Gasteiger partial charge on any atom is -0.0383 e. The monoisotopic (exact) mass is 358 g/mol. The Hall–Kier alpha value is 0. The van der Waals surface area contributed by atoms with Crippen molar-refractivity contribution >= 4 is 0 Å². The van der Waals surface area contributed by atoms with Crippen LogP contribution in [0.3, 0.4) is 0 Å². The van der Waals surface area contributed by atoms with Crippen LogP contribution in [0.5, 0.6) is 0 Å². The van der Waals surface area contributed by atoms with Gasteiger partial charge in [-0.25, -0.2) is 0 Å². The molecule has 0 bridgehead atoms. The van der Waals surface area contributed by atoms with E-state index >= 15 is 0 Å². The highest BCUT2D eigenvalue weighted by atomic mass is 14.1. The first-order valence-electron chi connectivity index (χ1n) is 10.7. The first kappa shape index (κ1) is 32.7. The first-order chi connectivity index (χ1) is 10.7. The Bertz CT molecular complexity index is 210. The van der Waals surface area contributed by atoms with Gasteiger partial charge >= 0.3 is 0 Å². The maximum atomic E-state index is 2.27. The second kappa shape index (κ2) is 15.1. The lowest BCUT2D eigenvalue weighted by Crippen LogP contribution is -2.02. The fourth-order valence-corrected chi connectivity index (χ4v) is 0.750. The molecule has 0 atom stereocenters. The molecule has 0 spiro atoms. The summed E-state index contributed by atoms with van der Waals surface area (Å²) in [4.78, 5) is 0. The summed E-state index contributed by atoms with van der Waals surface area (Å²) in [7, 11) is 0. The molecule has 25 heavy (non-hydrogen) atoms. The van der Waals surface area contributed by atoms with Gasteiger partial charge in [0.2, 0.25) is 0 Å². The molecule has 0 heteroatoms. The Kier molecular flexibility index (Phi) is 19.7. The van der Waals surface area contributed by atoms with Gasteiger partial charge in [-0.3, -0.25) is 0 Å². The third-order valence-corrected chi connectivity index (χ3v) is 4.18. The van der Waals surface area contributed by atoms with Gasteiger partial charge in [-0.1, -0.05) is 136 Å². The van der Waals surface area contributed by atoms with Crippen LogP contribution in [0.1, 0.15) is 143 Å². The van der Waals surface area contributed by atoms with Crippen LogP contribution in [0.25, 0.3) is 0 Å². The lowest BCUT2D eigenvalue weighted by Gasteiger charge is -2.15. The zero-order valence-corrected chi connectivity index (χ0v) is 21.5. The standard InChI is InChI=1S/C7H16.3C6H14/c1-5-6-7(2,3)4;3*1-5-6(2,3)4/h5-6H2,1-4H3;3*5H2,1-4H3. The van der Waals surface area contributed by atoms with E-state index in [-0.39, 0.29) is 0 Å². The molecular weight excluding hydrogens is 300 g/mol. The molecule has 0 aliphatic rings. The van der Waals surface area contributed by atoms with Crippen LogP contribution in [-0.4, -0.2) is 0 Å². The summed E-state index contributed by atoms with van der Waals surface area (Å²) in [5, 5.41) is 0. The second-order valence-corrected chi connectivity index (χ2v) is 12.1. The smallest absolute Gasteiger partial charge is 0.0383 e. The third kappa shape index (κ3) is 68.7. The summed E-state index contributed by atoms with van der Waals surface area (Å²) < 4.78 is 0. The van der Waals surface area contributed by atoms with Crippen LogP contribution in [0.4, 0.5) is 0 Å². The van der Waals surface area contributed by atoms with Gasteiger partial charge in [-0.05, 0) is 28.1 Å². The number of rotatable bonds is 1. The van der Waals surface area contributed by atoms with Gasteiger partial charge in [0.1, 0.15) is 0 Å². The molecule has 0 N–H and O–H groups in total. The van der Waals surface area contributed by atoms with E-state index in [0.717, 1.165) is 0 Å². The number of hydrogen-bond acceptors (Lipinski definition) is 0. The number of hydrogen-bond donors (Lipinski definition) is 0. The van der Waals surface area contributed by atoms with Crippen molar-refractivity contribution in [2.75, 3.05) is 0 Å². The third-order valence-electron chi connectivity index (χ3n) is 4.18. The van der Waals surface area contributed by atoms with Crippen LogP contribution in [-0.2, 0) is 0 Å². The molecule has 0 aliphatic carbocycles. The summed E-state index contributed by atoms with van der Waals surface area (Å²) in [5.41, 5.74) is 2.18. The summed E-state index contributed by atoms with van der Waals surface area (Å²) in [6.45, 7) is 35.9. The Morgan fingerprint density at radius 3 is 0.520 bits per heavy atom. The average molecular weight is 359 g/mol. The summed E-state index contributed by atoms with van der Waals surface area (Å²) >= 11 is 0. The highest BCUT2D eigenvalue weighted by Crippen LogP contribution is 2.19. The molecule has 0 unspecified atom stereocenters. The average Bonchev–Trinajstić information content (AvgIpc) is 2.37. The largest absolute Gasteiger partial charge is 0.0654 e. The van der Waals surface area contributed by atoms with Crippen LogP contribution in [0.15, 0.2) is 0 Å². The molecule has 158 valence electrons. The van der Waals surface area contributed by atoms with E-state index in [1.165, 1.54) is 32.1 Å². The SMILES string of the molecule is CCC(C)(C)C.CCC(C)(C)C.CCC(C)(C)C.CCCC(C)(C)C. The van der Waals surface area contributed by atoms with Gasteiger partial charge in [0.05, 0.1) is 0 Å². The zero-order chi connectivity index (χ0) is 21.5. The summed E-state index contributed by atoms with van der Waals surface area (Å²) in [6.07, 6.45) is 6.46. The molecule has 0 radical (unpaired) electrons. The predicted molar refractivity (Wildman–Crippen MR) is 124 cm³/mol. The van der Waals surface area contributed by atoms with Gasteiger partial charge in [-0.15, -0.1) is 0 Å². The quantitative estimate of drug-likeness (QED) is 0.437. The fraction of sp³-hybridized carbons (Fsp3) is 1.00. The summed E-state index contributed by atoms with van der Waals surface area (Å²) in [5.74, 6) is 0. The van der Waals surface area contributed by atoms with Crippen LogP contribution >= 0.6 is 0 Å². The van der Waals surface area contributed by atoms with Crippen LogP contribution in [0.2, 0.25) is 0 Å². The molecule has 0 aromatic rings. The maximum absolute atomic E-state index is 2.27. The minimum Gasteiger partial charge on any atom is -0.0654 e. The van der Waals surface area contributed by atoms with Crippen molar-refractivity contribution in [3.63, 3.8) is 0 Å². The predicted octanol–water partition coefficient (Wildman–Crippen LogP) is 10.2. The minimum absolute atomic E-state index is 0.542. The van der Waals surface area contributed by atoms with Crippen molar-refractivity contribution in [2.24, 2.45) is 21.7 Å². The van der Waals surface area contributed by atoms with E-state index in [9.17, 15) is 0 Å². The van der Waals surface area contributed by atoms with E-state index in [2.05, 4.69) is 111 Å². The minimum atomic E-state index is 0.542. The Balaban J connectivity index is -0.000000118. The van der Waals surface area contributed by atoms with Crippen LogP contribution < -0.4 is 0 Å². The molecule has 0 heterocycles. The second-order valence-electron chi connectivity index (χ2n) is 12.1. The van der Waals surface area contributed by atoms with Crippen LogP contribution in [0, 0.1) is 21.7 Å². The molecule has 0 rings (SSSR count). The van der Waals surface area contributed by atoms with E-state index in [4.69, 9.17) is 0 Å².